The predicted octanol–water partition coefficient (Wildman–Crippen LogP) is 1.92. The highest BCUT2D eigenvalue weighted by molar-refractivity contribution is 8.00. The second kappa shape index (κ2) is 5.65. The number of nitrogens with two attached hydrogens (primary N) is 1. The van der Waals surface area contributed by atoms with E-state index in [1.807, 2.05) is 11.4 Å². The van der Waals surface area contributed by atoms with Crippen LogP contribution in [0.5, 0.6) is 0 Å². The molecule has 17 heavy (non-hydrogen) atoms. The highest BCUT2D eigenvalue weighted by atomic mass is 32.2. The Hall–Kier alpha value is -1.60. The summed E-state index contributed by atoms with van der Waals surface area (Å²) in [5.41, 5.74) is 7.01. The van der Waals surface area contributed by atoms with Crippen molar-refractivity contribution in [1.82, 2.24) is 9.97 Å². The van der Waals surface area contributed by atoms with Gasteiger partial charge >= 0.3 is 0 Å². The maximum Gasteiger partial charge on any atom is 0.188 e. The van der Waals surface area contributed by atoms with Gasteiger partial charge in [0.1, 0.15) is 10.0 Å². The molecule has 0 saturated heterocycles. The fourth-order valence-corrected chi connectivity index (χ4v) is 2.76. The summed E-state index contributed by atoms with van der Waals surface area (Å²) >= 11 is 3.25. The molecule has 0 amide bonds. The van der Waals surface area contributed by atoms with Crippen LogP contribution < -0.4 is 5.73 Å². The molecule has 0 aromatic carbocycles. The molecular weight excluding hydrogens is 256 g/mol. The van der Waals surface area contributed by atoms with Crippen molar-refractivity contribution in [3.05, 3.63) is 41.2 Å². The minimum absolute atomic E-state index is 0.0195. The molecule has 2 heterocycles. The average Bonchev–Trinajstić information content (AvgIpc) is 2.89. The van der Waals surface area contributed by atoms with E-state index in [0.717, 1.165) is 15.7 Å². The van der Waals surface area contributed by atoms with Gasteiger partial charge in [-0.1, -0.05) is 16.9 Å². The SMILES string of the molecule is NC(=NO)c1cc(CSc2nccs2)ccn1. The third-order valence-electron chi connectivity index (χ3n) is 1.97. The van der Waals surface area contributed by atoms with Gasteiger partial charge in [0.05, 0.1) is 0 Å². The summed E-state index contributed by atoms with van der Waals surface area (Å²) in [6, 6.07) is 3.70. The zero-order valence-corrected chi connectivity index (χ0v) is 10.4. The second-order valence-corrected chi connectivity index (χ2v) is 5.24. The van der Waals surface area contributed by atoms with Crippen LogP contribution in [0.15, 0.2) is 39.4 Å². The molecule has 2 aromatic rings. The first kappa shape index (κ1) is 11.9. The van der Waals surface area contributed by atoms with Gasteiger partial charge in [-0.2, -0.15) is 0 Å². The molecule has 88 valence electrons. The first-order valence-electron chi connectivity index (χ1n) is 4.74. The molecule has 0 unspecified atom stereocenters. The summed E-state index contributed by atoms with van der Waals surface area (Å²) in [6.07, 6.45) is 3.42. The molecule has 2 rings (SSSR count). The molecule has 0 spiro atoms. The van der Waals surface area contributed by atoms with Gasteiger partial charge < -0.3 is 10.9 Å². The number of aromatic nitrogens is 2. The Morgan fingerprint density at radius 1 is 1.47 bits per heavy atom. The molecule has 2 aromatic heterocycles. The van der Waals surface area contributed by atoms with E-state index in [1.54, 1.807) is 41.6 Å². The number of pyridine rings is 1. The third kappa shape index (κ3) is 3.18. The standard InChI is InChI=1S/C10H10N4OS2/c11-9(14-15)8-5-7(1-2-12-8)6-17-10-13-3-4-16-10/h1-5,15H,6H2,(H2,11,14). The van der Waals surface area contributed by atoms with Crippen LogP contribution >= 0.6 is 23.1 Å². The molecule has 0 bridgehead atoms. The Morgan fingerprint density at radius 3 is 3.06 bits per heavy atom. The van der Waals surface area contributed by atoms with Crippen LogP contribution in [0.4, 0.5) is 0 Å². The minimum atomic E-state index is 0.0195. The quantitative estimate of drug-likeness (QED) is 0.290. The summed E-state index contributed by atoms with van der Waals surface area (Å²) in [4.78, 5) is 8.20. The van der Waals surface area contributed by atoms with E-state index in [9.17, 15) is 0 Å². The highest BCUT2D eigenvalue weighted by Crippen LogP contribution is 2.24. The predicted molar refractivity (Wildman–Crippen MR) is 68.4 cm³/mol. The molecule has 0 atom stereocenters. The van der Waals surface area contributed by atoms with E-state index in [0.29, 0.717) is 5.69 Å². The topological polar surface area (TPSA) is 84.4 Å². The number of oxime groups is 1. The van der Waals surface area contributed by atoms with Crippen molar-refractivity contribution in [2.45, 2.75) is 10.1 Å². The number of thioether (sulfide) groups is 1. The van der Waals surface area contributed by atoms with Gasteiger partial charge in [-0.3, -0.25) is 4.98 Å². The first-order valence-corrected chi connectivity index (χ1v) is 6.61. The van der Waals surface area contributed by atoms with E-state index in [2.05, 4.69) is 15.1 Å². The van der Waals surface area contributed by atoms with Crippen molar-refractivity contribution in [2.75, 3.05) is 0 Å². The van der Waals surface area contributed by atoms with E-state index in [-0.39, 0.29) is 5.84 Å². The highest BCUT2D eigenvalue weighted by Gasteiger charge is 2.03. The molecule has 3 N–H and O–H groups in total. The second-order valence-electron chi connectivity index (χ2n) is 3.12. The third-order valence-corrected chi connectivity index (χ3v) is 4.00. The molecular formula is C10H10N4OS2. The molecule has 7 heteroatoms. The Balaban J connectivity index is 2.06. The zero-order valence-electron chi connectivity index (χ0n) is 8.78. The van der Waals surface area contributed by atoms with Gasteiger partial charge in [-0.15, -0.1) is 11.3 Å². The normalized spacial score (nSPS) is 11.6. The molecule has 0 aliphatic rings. The van der Waals surface area contributed by atoms with Gasteiger partial charge in [-0.25, -0.2) is 4.98 Å². The lowest BCUT2D eigenvalue weighted by Crippen LogP contribution is -2.15. The largest absolute Gasteiger partial charge is 0.409 e. The van der Waals surface area contributed by atoms with Crippen molar-refractivity contribution in [3.8, 4) is 0 Å². The Morgan fingerprint density at radius 2 is 2.35 bits per heavy atom. The van der Waals surface area contributed by atoms with Crippen LogP contribution in [0, 0.1) is 0 Å². The van der Waals surface area contributed by atoms with Crippen LogP contribution in [0.1, 0.15) is 11.3 Å². The van der Waals surface area contributed by atoms with Crippen molar-refractivity contribution >= 4 is 28.9 Å². The number of rotatable bonds is 4. The van der Waals surface area contributed by atoms with Crippen LogP contribution in [-0.4, -0.2) is 21.0 Å². The van der Waals surface area contributed by atoms with Gasteiger partial charge in [-0.05, 0) is 17.7 Å². The summed E-state index contributed by atoms with van der Waals surface area (Å²) in [5, 5.41) is 13.4. The van der Waals surface area contributed by atoms with Gasteiger partial charge in [0.25, 0.3) is 0 Å². The Labute approximate surface area is 106 Å². The number of nitrogens with zero attached hydrogens (tertiary/aromatic N) is 3. The van der Waals surface area contributed by atoms with Crippen molar-refractivity contribution in [3.63, 3.8) is 0 Å². The van der Waals surface area contributed by atoms with Crippen molar-refractivity contribution in [1.29, 1.82) is 0 Å². The smallest absolute Gasteiger partial charge is 0.188 e. The number of thiazole rings is 1. The molecule has 0 fully saturated rings. The lowest BCUT2D eigenvalue weighted by molar-refractivity contribution is 0.318. The maximum atomic E-state index is 8.57. The fraction of sp³-hybridized carbons (Fsp3) is 0.100. The summed E-state index contributed by atoms with van der Waals surface area (Å²) < 4.78 is 1.02. The molecule has 0 aliphatic heterocycles. The van der Waals surface area contributed by atoms with E-state index < -0.39 is 0 Å². The van der Waals surface area contributed by atoms with Gasteiger partial charge in [0, 0.05) is 23.5 Å². The van der Waals surface area contributed by atoms with Crippen LogP contribution in [0.2, 0.25) is 0 Å². The van der Waals surface area contributed by atoms with E-state index >= 15 is 0 Å². The summed E-state index contributed by atoms with van der Waals surface area (Å²) in [5.74, 6) is 0.799. The lowest BCUT2D eigenvalue weighted by Gasteiger charge is -2.02. The summed E-state index contributed by atoms with van der Waals surface area (Å²) in [6.45, 7) is 0. The number of amidine groups is 1. The van der Waals surface area contributed by atoms with Gasteiger partial charge in [0.15, 0.2) is 5.84 Å². The Kier molecular flexibility index (Phi) is 3.94. The maximum absolute atomic E-state index is 8.57. The zero-order chi connectivity index (χ0) is 12.1. The monoisotopic (exact) mass is 266 g/mol. The molecule has 0 aliphatic carbocycles. The summed E-state index contributed by atoms with van der Waals surface area (Å²) in [7, 11) is 0. The van der Waals surface area contributed by atoms with Crippen LogP contribution in [-0.2, 0) is 5.75 Å². The Bertz CT molecular complexity index is 513. The number of hydrogen-bond donors (Lipinski definition) is 2. The van der Waals surface area contributed by atoms with E-state index in [1.165, 1.54) is 0 Å². The van der Waals surface area contributed by atoms with Crippen LogP contribution in [0.25, 0.3) is 0 Å². The molecule has 0 radical (unpaired) electrons. The first-order chi connectivity index (χ1) is 8.29. The fourth-order valence-electron chi connectivity index (χ4n) is 1.18. The lowest BCUT2D eigenvalue weighted by atomic mass is 10.2. The number of hydrogen-bond acceptors (Lipinski definition) is 6. The molecule has 5 nitrogen and oxygen atoms in total. The molecule has 0 saturated carbocycles. The van der Waals surface area contributed by atoms with E-state index in [4.69, 9.17) is 10.9 Å². The van der Waals surface area contributed by atoms with Crippen molar-refractivity contribution in [2.24, 2.45) is 10.9 Å². The van der Waals surface area contributed by atoms with Crippen LogP contribution in [0.3, 0.4) is 0 Å². The average molecular weight is 266 g/mol. The minimum Gasteiger partial charge on any atom is -0.409 e. The van der Waals surface area contributed by atoms with Crippen molar-refractivity contribution < 1.29 is 5.21 Å². The van der Waals surface area contributed by atoms with Gasteiger partial charge in [0.2, 0.25) is 0 Å².